The van der Waals surface area contributed by atoms with E-state index in [1.54, 1.807) is 0 Å². The van der Waals surface area contributed by atoms with Crippen LogP contribution in [0.4, 0.5) is 0 Å². The molecule has 0 aromatic heterocycles. The fourth-order valence-electron chi connectivity index (χ4n) is 3.11. The summed E-state index contributed by atoms with van der Waals surface area (Å²) in [7, 11) is 1.40. The van der Waals surface area contributed by atoms with Gasteiger partial charge in [-0.15, -0.1) is 0 Å². The highest BCUT2D eigenvalue weighted by Crippen LogP contribution is 2.20. The van der Waals surface area contributed by atoms with E-state index in [1.165, 1.54) is 7.11 Å². The molecule has 1 saturated heterocycles. The Balaban J connectivity index is 2.43. The summed E-state index contributed by atoms with van der Waals surface area (Å²) >= 11 is 0. The van der Waals surface area contributed by atoms with Crippen LogP contribution in [0.5, 0.6) is 0 Å². The van der Waals surface area contributed by atoms with E-state index in [0.717, 1.165) is 51.4 Å². The molecule has 1 N–H and O–H groups in total. The van der Waals surface area contributed by atoms with Crippen LogP contribution in [-0.4, -0.2) is 47.7 Å². The van der Waals surface area contributed by atoms with Crippen LogP contribution in [0.2, 0.25) is 0 Å². The predicted molar refractivity (Wildman–Crippen MR) is 104 cm³/mol. The summed E-state index contributed by atoms with van der Waals surface area (Å²) in [6, 6.07) is 0.0665. The molecule has 0 saturated carbocycles. The third-order valence-corrected chi connectivity index (χ3v) is 4.72. The van der Waals surface area contributed by atoms with Gasteiger partial charge in [-0.05, 0) is 32.1 Å². The molecule has 0 bridgehead atoms. The van der Waals surface area contributed by atoms with Gasteiger partial charge in [-0.2, -0.15) is 0 Å². The quantitative estimate of drug-likeness (QED) is 0.325. The number of nitrogens with zero attached hydrogens (tertiary/aromatic N) is 1. The number of esters is 1. The molecule has 148 valence electrons. The van der Waals surface area contributed by atoms with Gasteiger partial charge in [0, 0.05) is 19.4 Å². The average Bonchev–Trinajstić information content (AvgIpc) is 2.64. The monoisotopic (exact) mass is 365 g/mol. The lowest BCUT2D eigenvalue weighted by molar-refractivity contribution is -0.140. The molecule has 1 amide bonds. The lowest BCUT2D eigenvalue weighted by Crippen LogP contribution is -2.42. The summed E-state index contributed by atoms with van der Waals surface area (Å²) in [5, 5.41) is 10.1. The van der Waals surface area contributed by atoms with Crippen molar-refractivity contribution >= 4 is 11.9 Å². The minimum absolute atomic E-state index is 0.0665. The number of allylic oxidation sites excluding steroid dienone is 1. The zero-order valence-corrected chi connectivity index (χ0v) is 16.4. The van der Waals surface area contributed by atoms with Crippen LogP contribution in [-0.2, 0) is 14.3 Å². The molecule has 1 aliphatic heterocycles. The van der Waals surface area contributed by atoms with Gasteiger partial charge in [0.05, 0.1) is 19.3 Å². The van der Waals surface area contributed by atoms with Crippen molar-refractivity contribution in [3.05, 3.63) is 24.3 Å². The van der Waals surface area contributed by atoms with Gasteiger partial charge in [-0.1, -0.05) is 50.5 Å². The third kappa shape index (κ3) is 9.18. The summed E-state index contributed by atoms with van der Waals surface area (Å²) in [6.07, 6.45) is 16.0. The smallest absolute Gasteiger partial charge is 0.305 e. The number of aliphatic hydroxyl groups is 1. The molecule has 5 heteroatoms. The van der Waals surface area contributed by atoms with Crippen molar-refractivity contribution < 1.29 is 19.4 Å². The number of carbonyl (C=O) groups excluding carboxylic acids is 2. The number of hydrogen-bond donors (Lipinski definition) is 1. The molecule has 0 aromatic carbocycles. The summed E-state index contributed by atoms with van der Waals surface area (Å²) in [5.74, 6) is -0.0158. The molecule has 0 aliphatic carbocycles. The van der Waals surface area contributed by atoms with Crippen molar-refractivity contribution in [2.24, 2.45) is 0 Å². The number of ether oxygens (including phenoxy) is 1. The lowest BCUT2D eigenvalue weighted by atomic mass is 10.00. The van der Waals surface area contributed by atoms with Gasteiger partial charge in [0.25, 0.3) is 0 Å². The van der Waals surface area contributed by atoms with Gasteiger partial charge >= 0.3 is 5.97 Å². The molecule has 2 unspecified atom stereocenters. The SMILES string of the molecule is CCCCCC(O)C=CC1CCCC(=O)N1C/C=C\CCCC(=O)OC. The first-order valence-corrected chi connectivity index (χ1v) is 9.96. The van der Waals surface area contributed by atoms with Crippen molar-refractivity contribution in [3.63, 3.8) is 0 Å². The fourth-order valence-corrected chi connectivity index (χ4v) is 3.11. The summed E-state index contributed by atoms with van der Waals surface area (Å²) in [5.41, 5.74) is 0. The van der Waals surface area contributed by atoms with Gasteiger partial charge in [-0.25, -0.2) is 0 Å². The van der Waals surface area contributed by atoms with Crippen LogP contribution in [0.3, 0.4) is 0 Å². The molecule has 1 fully saturated rings. The number of methoxy groups -OCH3 is 1. The number of likely N-dealkylation sites (tertiary alicyclic amines) is 1. The van der Waals surface area contributed by atoms with E-state index in [1.807, 2.05) is 29.2 Å². The molecule has 0 radical (unpaired) electrons. The Hall–Kier alpha value is -1.62. The van der Waals surface area contributed by atoms with Crippen molar-refractivity contribution in [1.29, 1.82) is 0 Å². The fraction of sp³-hybridized carbons (Fsp3) is 0.714. The van der Waals surface area contributed by atoms with E-state index in [9.17, 15) is 14.7 Å². The van der Waals surface area contributed by atoms with E-state index in [0.29, 0.717) is 19.4 Å². The average molecular weight is 366 g/mol. The Labute approximate surface area is 158 Å². The minimum Gasteiger partial charge on any atom is -0.469 e. The maximum absolute atomic E-state index is 12.2. The van der Waals surface area contributed by atoms with E-state index < -0.39 is 6.10 Å². The number of carbonyl (C=O) groups is 2. The first kappa shape index (κ1) is 22.4. The standard InChI is InChI=1S/C21H35NO4/c1-3-4-7-12-19(23)16-15-18-11-10-13-20(24)22(18)17-9-6-5-8-14-21(25)26-2/h6,9,15-16,18-19,23H,3-5,7-8,10-14,17H2,1-2H3/b9-6-,16-15?. The van der Waals surface area contributed by atoms with Crippen molar-refractivity contribution in [2.75, 3.05) is 13.7 Å². The van der Waals surface area contributed by atoms with E-state index in [-0.39, 0.29) is 17.9 Å². The van der Waals surface area contributed by atoms with Crippen LogP contribution >= 0.6 is 0 Å². The Morgan fingerprint density at radius 1 is 1.35 bits per heavy atom. The van der Waals surface area contributed by atoms with Gasteiger partial charge in [0.1, 0.15) is 0 Å². The van der Waals surface area contributed by atoms with E-state index in [4.69, 9.17) is 0 Å². The Kier molecular flexibility index (Phi) is 11.7. The highest BCUT2D eigenvalue weighted by atomic mass is 16.5. The third-order valence-electron chi connectivity index (χ3n) is 4.72. The van der Waals surface area contributed by atoms with Gasteiger partial charge in [-0.3, -0.25) is 9.59 Å². The molecule has 1 heterocycles. The number of amides is 1. The topological polar surface area (TPSA) is 66.8 Å². The Bertz CT molecular complexity index is 473. The van der Waals surface area contributed by atoms with Crippen LogP contribution in [0.1, 0.15) is 71.1 Å². The lowest BCUT2D eigenvalue weighted by Gasteiger charge is -2.33. The second-order valence-corrected chi connectivity index (χ2v) is 6.89. The van der Waals surface area contributed by atoms with Crippen LogP contribution in [0.25, 0.3) is 0 Å². The Morgan fingerprint density at radius 2 is 2.15 bits per heavy atom. The highest BCUT2D eigenvalue weighted by Gasteiger charge is 2.25. The first-order valence-electron chi connectivity index (χ1n) is 9.96. The normalized spacial score (nSPS) is 19.4. The molecule has 5 nitrogen and oxygen atoms in total. The van der Waals surface area contributed by atoms with Crippen LogP contribution < -0.4 is 0 Å². The molecule has 0 aromatic rings. The van der Waals surface area contributed by atoms with Crippen molar-refractivity contribution in [2.45, 2.75) is 83.3 Å². The number of hydrogen-bond acceptors (Lipinski definition) is 4. The zero-order valence-electron chi connectivity index (χ0n) is 16.4. The summed E-state index contributed by atoms with van der Waals surface area (Å²) in [6.45, 7) is 2.73. The summed E-state index contributed by atoms with van der Waals surface area (Å²) in [4.78, 5) is 25.2. The van der Waals surface area contributed by atoms with Gasteiger partial charge < -0.3 is 14.7 Å². The number of rotatable bonds is 12. The molecular weight excluding hydrogens is 330 g/mol. The number of aliphatic hydroxyl groups excluding tert-OH is 1. The summed E-state index contributed by atoms with van der Waals surface area (Å²) < 4.78 is 4.61. The second kappa shape index (κ2) is 13.6. The van der Waals surface area contributed by atoms with E-state index in [2.05, 4.69) is 11.7 Å². The molecule has 26 heavy (non-hydrogen) atoms. The Morgan fingerprint density at radius 3 is 2.88 bits per heavy atom. The van der Waals surface area contributed by atoms with E-state index >= 15 is 0 Å². The maximum Gasteiger partial charge on any atom is 0.305 e. The molecule has 2 atom stereocenters. The molecular formula is C21H35NO4. The predicted octanol–water partition coefficient (Wildman–Crippen LogP) is 3.76. The molecule has 1 aliphatic rings. The van der Waals surface area contributed by atoms with Crippen LogP contribution in [0, 0.1) is 0 Å². The minimum atomic E-state index is -0.422. The zero-order chi connectivity index (χ0) is 19.2. The van der Waals surface area contributed by atoms with Crippen molar-refractivity contribution in [3.8, 4) is 0 Å². The van der Waals surface area contributed by atoms with Gasteiger partial charge in [0.2, 0.25) is 5.91 Å². The molecule has 1 rings (SSSR count). The molecule has 0 spiro atoms. The first-order chi connectivity index (χ1) is 12.6. The second-order valence-electron chi connectivity index (χ2n) is 6.89. The number of piperidine rings is 1. The number of unbranched alkanes of at least 4 members (excludes halogenated alkanes) is 3. The highest BCUT2D eigenvalue weighted by molar-refractivity contribution is 5.77. The maximum atomic E-state index is 12.2. The van der Waals surface area contributed by atoms with Crippen molar-refractivity contribution in [1.82, 2.24) is 4.90 Å². The van der Waals surface area contributed by atoms with Gasteiger partial charge in [0.15, 0.2) is 0 Å². The van der Waals surface area contributed by atoms with Crippen LogP contribution in [0.15, 0.2) is 24.3 Å². The largest absolute Gasteiger partial charge is 0.469 e.